The molecule has 0 spiro atoms. The summed E-state index contributed by atoms with van der Waals surface area (Å²) in [6.45, 7) is 7.09. The summed E-state index contributed by atoms with van der Waals surface area (Å²) in [5, 5.41) is 13.8. The Hall–Kier alpha value is -1.30. The van der Waals surface area contributed by atoms with Gasteiger partial charge in [0.15, 0.2) is 0 Å². The fourth-order valence-electron chi connectivity index (χ4n) is 0.961. The molecule has 0 rings (SSSR count). The van der Waals surface area contributed by atoms with Crippen LogP contribution in [0.5, 0.6) is 0 Å². The van der Waals surface area contributed by atoms with Gasteiger partial charge in [-0.05, 0) is 34.1 Å². The Balaban J connectivity index is 4.01. The monoisotopic (exact) mass is 246 g/mol. The van der Waals surface area contributed by atoms with Crippen LogP contribution in [0.4, 0.5) is 4.79 Å². The number of hydrogen-bond donors (Lipinski definition) is 3. The lowest BCUT2D eigenvalue weighted by molar-refractivity contribution is -0.142. The van der Waals surface area contributed by atoms with Crippen LogP contribution in [-0.2, 0) is 9.53 Å². The molecule has 0 aliphatic carbocycles. The van der Waals surface area contributed by atoms with Crippen molar-refractivity contribution in [3.05, 3.63) is 0 Å². The SMILES string of the molecule is COC(C)(C)CCNC(=O)NC(C)(C)C(=O)O. The molecule has 0 aliphatic rings. The standard InChI is InChI=1S/C11H22N2O4/c1-10(2,17-5)6-7-12-9(16)13-11(3,4)8(14)15/h6-7H2,1-5H3,(H,14,15)(H2,12,13,16). The fourth-order valence-corrected chi connectivity index (χ4v) is 0.961. The van der Waals surface area contributed by atoms with Gasteiger partial charge < -0.3 is 20.5 Å². The highest BCUT2D eigenvalue weighted by molar-refractivity contribution is 5.85. The second-order valence-electron chi connectivity index (χ2n) is 5.02. The van der Waals surface area contributed by atoms with Gasteiger partial charge in [0.25, 0.3) is 0 Å². The Kier molecular flexibility index (Phi) is 5.41. The number of carbonyl (C=O) groups is 2. The molecule has 0 saturated carbocycles. The molecule has 0 radical (unpaired) electrons. The molecular weight excluding hydrogens is 224 g/mol. The first-order valence-electron chi connectivity index (χ1n) is 5.45. The highest BCUT2D eigenvalue weighted by atomic mass is 16.5. The van der Waals surface area contributed by atoms with Crippen LogP contribution in [-0.4, -0.2) is 41.9 Å². The van der Waals surface area contributed by atoms with Crippen LogP contribution < -0.4 is 10.6 Å². The summed E-state index contributed by atoms with van der Waals surface area (Å²) in [5.41, 5.74) is -1.59. The summed E-state index contributed by atoms with van der Waals surface area (Å²) in [5.74, 6) is -1.08. The topological polar surface area (TPSA) is 87.7 Å². The average molecular weight is 246 g/mol. The summed E-state index contributed by atoms with van der Waals surface area (Å²) >= 11 is 0. The molecule has 0 aromatic heterocycles. The smallest absolute Gasteiger partial charge is 0.328 e. The maximum atomic E-state index is 11.4. The van der Waals surface area contributed by atoms with Crippen LogP contribution >= 0.6 is 0 Å². The van der Waals surface area contributed by atoms with E-state index in [2.05, 4.69) is 10.6 Å². The number of amides is 2. The fraction of sp³-hybridized carbons (Fsp3) is 0.818. The molecule has 100 valence electrons. The van der Waals surface area contributed by atoms with E-state index in [1.54, 1.807) is 7.11 Å². The molecule has 0 heterocycles. The molecule has 0 fully saturated rings. The minimum absolute atomic E-state index is 0.310. The summed E-state index contributed by atoms with van der Waals surface area (Å²) < 4.78 is 5.19. The maximum Gasteiger partial charge on any atom is 0.328 e. The molecule has 3 N–H and O–H groups in total. The first-order chi connectivity index (χ1) is 7.60. The highest BCUT2D eigenvalue weighted by Crippen LogP contribution is 2.11. The van der Waals surface area contributed by atoms with E-state index in [1.165, 1.54) is 13.8 Å². The Morgan fingerprint density at radius 1 is 1.24 bits per heavy atom. The van der Waals surface area contributed by atoms with E-state index < -0.39 is 17.5 Å². The van der Waals surface area contributed by atoms with Crippen molar-refractivity contribution in [3.63, 3.8) is 0 Å². The normalized spacial score (nSPS) is 12.1. The van der Waals surface area contributed by atoms with Crippen molar-refractivity contribution in [2.45, 2.75) is 45.3 Å². The maximum absolute atomic E-state index is 11.4. The number of methoxy groups -OCH3 is 1. The van der Waals surface area contributed by atoms with E-state index in [9.17, 15) is 9.59 Å². The zero-order valence-electron chi connectivity index (χ0n) is 11.1. The van der Waals surface area contributed by atoms with Crippen LogP contribution in [0.25, 0.3) is 0 Å². The molecule has 17 heavy (non-hydrogen) atoms. The molecule has 6 nitrogen and oxygen atoms in total. The van der Waals surface area contributed by atoms with Gasteiger partial charge in [-0.2, -0.15) is 0 Å². The lowest BCUT2D eigenvalue weighted by Crippen LogP contribution is -2.53. The van der Waals surface area contributed by atoms with Crippen molar-refractivity contribution in [1.29, 1.82) is 0 Å². The van der Waals surface area contributed by atoms with Gasteiger partial charge in [0.1, 0.15) is 5.54 Å². The third-order valence-corrected chi connectivity index (χ3v) is 2.53. The number of ether oxygens (including phenoxy) is 1. The van der Waals surface area contributed by atoms with Crippen LogP contribution in [0.2, 0.25) is 0 Å². The number of urea groups is 1. The van der Waals surface area contributed by atoms with Gasteiger partial charge in [0.2, 0.25) is 0 Å². The van der Waals surface area contributed by atoms with Gasteiger partial charge in [0, 0.05) is 13.7 Å². The van der Waals surface area contributed by atoms with Crippen molar-refractivity contribution in [2.24, 2.45) is 0 Å². The molecular formula is C11H22N2O4. The molecule has 6 heteroatoms. The number of nitrogens with one attached hydrogen (secondary N) is 2. The third kappa shape index (κ3) is 6.11. The van der Waals surface area contributed by atoms with Crippen LogP contribution in [0, 0.1) is 0 Å². The van der Waals surface area contributed by atoms with E-state index in [0.717, 1.165) is 0 Å². The number of rotatable bonds is 6. The van der Waals surface area contributed by atoms with E-state index >= 15 is 0 Å². The summed E-state index contributed by atoms with van der Waals surface area (Å²) in [6, 6.07) is -0.496. The predicted molar refractivity (Wildman–Crippen MR) is 64.0 cm³/mol. The van der Waals surface area contributed by atoms with Crippen molar-refractivity contribution in [1.82, 2.24) is 10.6 Å². The molecule has 0 aliphatic heterocycles. The highest BCUT2D eigenvalue weighted by Gasteiger charge is 2.28. The van der Waals surface area contributed by atoms with Gasteiger partial charge in [-0.15, -0.1) is 0 Å². The number of hydrogen-bond acceptors (Lipinski definition) is 3. The van der Waals surface area contributed by atoms with E-state index in [1.807, 2.05) is 13.8 Å². The van der Waals surface area contributed by atoms with Crippen molar-refractivity contribution in [3.8, 4) is 0 Å². The zero-order chi connectivity index (χ0) is 13.7. The minimum Gasteiger partial charge on any atom is -0.480 e. The van der Waals surface area contributed by atoms with Gasteiger partial charge in [-0.25, -0.2) is 9.59 Å². The second kappa shape index (κ2) is 5.86. The molecule has 0 unspecified atom stereocenters. The number of carbonyl (C=O) groups excluding carboxylic acids is 1. The predicted octanol–water partition coefficient (Wildman–Crippen LogP) is 0.964. The van der Waals surface area contributed by atoms with Gasteiger partial charge >= 0.3 is 12.0 Å². The van der Waals surface area contributed by atoms with Crippen molar-refractivity contribution >= 4 is 12.0 Å². The lowest BCUT2D eigenvalue weighted by Gasteiger charge is -2.24. The molecule has 0 bridgehead atoms. The van der Waals surface area contributed by atoms with Crippen LogP contribution in [0.1, 0.15) is 34.1 Å². The molecule has 0 aromatic carbocycles. The number of aliphatic carboxylic acids is 1. The largest absolute Gasteiger partial charge is 0.480 e. The average Bonchev–Trinajstić information content (AvgIpc) is 2.16. The lowest BCUT2D eigenvalue weighted by atomic mass is 10.1. The quantitative estimate of drug-likeness (QED) is 0.651. The molecule has 0 atom stereocenters. The van der Waals surface area contributed by atoms with Gasteiger partial charge in [0.05, 0.1) is 5.60 Å². The van der Waals surface area contributed by atoms with E-state index in [-0.39, 0.29) is 5.60 Å². The summed E-state index contributed by atoms with van der Waals surface area (Å²) in [7, 11) is 1.60. The summed E-state index contributed by atoms with van der Waals surface area (Å²) in [6.07, 6.45) is 0.643. The molecule has 0 saturated heterocycles. The molecule has 2 amide bonds. The second-order valence-corrected chi connectivity index (χ2v) is 5.02. The molecule has 0 aromatic rings. The zero-order valence-corrected chi connectivity index (χ0v) is 11.1. The van der Waals surface area contributed by atoms with Gasteiger partial charge in [-0.3, -0.25) is 0 Å². The Morgan fingerprint density at radius 2 is 1.76 bits per heavy atom. The minimum atomic E-state index is -1.28. The van der Waals surface area contributed by atoms with E-state index in [4.69, 9.17) is 9.84 Å². The van der Waals surface area contributed by atoms with E-state index in [0.29, 0.717) is 13.0 Å². The number of carboxylic acids is 1. The first-order valence-corrected chi connectivity index (χ1v) is 5.45. The van der Waals surface area contributed by atoms with Crippen LogP contribution in [0.15, 0.2) is 0 Å². The van der Waals surface area contributed by atoms with Crippen molar-refractivity contribution in [2.75, 3.05) is 13.7 Å². The van der Waals surface area contributed by atoms with Crippen LogP contribution in [0.3, 0.4) is 0 Å². The number of carboxylic acid groups (broad SMARTS) is 1. The first kappa shape index (κ1) is 15.7. The van der Waals surface area contributed by atoms with Gasteiger partial charge in [-0.1, -0.05) is 0 Å². The van der Waals surface area contributed by atoms with Crippen molar-refractivity contribution < 1.29 is 19.4 Å². The summed E-state index contributed by atoms with van der Waals surface area (Å²) in [4.78, 5) is 22.2. The Labute approximate surface area is 102 Å². The third-order valence-electron chi connectivity index (χ3n) is 2.53. The Bertz CT molecular complexity index is 287. The Morgan fingerprint density at radius 3 is 2.18 bits per heavy atom.